The van der Waals surface area contributed by atoms with E-state index in [0.717, 1.165) is 0 Å². The number of rotatable bonds is 6. The van der Waals surface area contributed by atoms with Crippen molar-refractivity contribution in [2.24, 2.45) is 5.92 Å². The van der Waals surface area contributed by atoms with Gasteiger partial charge in [-0.3, -0.25) is 14.4 Å². The molecule has 0 spiro atoms. The lowest BCUT2D eigenvalue weighted by molar-refractivity contribution is -0.170. The molecule has 2 rings (SSSR count). The summed E-state index contributed by atoms with van der Waals surface area (Å²) in [4.78, 5) is 39.1. The molecular weight excluding hydrogens is 385 g/mol. The van der Waals surface area contributed by atoms with Crippen LogP contribution in [0.15, 0.2) is 17.5 Å². The van der Waals surface area contributed by atoms with Crippen LogP contribution in [0.4, 0.5) is 13.2 Å². The van der Waals surface area contributed by atoms with Gasteiger partial charge in [-0.2, -0.15) is 13.2 Å². The number of amides is 2. The molecule has 1 fully saturated rings. The molecule has 0 bridgehead atoms. The molecule has 10 heteroatoms. The van der Waals surface area contributed by atoms with Crippen molar-refractivity contribution < 1.29 is 32.3 Å². The van der Waals surface area contributed by atoms with Gasteiger partial charge in [0.25, 0.3) is 5.91 Å². The summed E-state index contributed by atoms with van der Waals surface area (Å²) in [5.41, 5.74) is 0. The summed E-state index contributed by atoms with van der Waals surface area (Å²) in [5.74, 6) is -2.41. The monoisotopic (exact) mass is 406 g/mol. The second-order valence-electron chi connectivity index (χ2n) is 6.16. The fourth-order valence-corrected chi connectivity index (χ4v) is 3.63. The topological polar surface area (TPSA) is 66.9 Å². The Morgan fingerprint density at radius 2 is 1.96 bits per heavy atom. The van der Waals surface area contributed by atoms with Crippen LogP contribution in [0.3, 0.4) is 0 Å². The van der Waals surface area contributed by atoms with Crippen molar-refractivity contribution in [1.82, 2.24) is 9.80 Å². The van der Waals surface area contributed by atoms with Crippen LogP contribution in [0.2, 0.25) is 0 Å². The van der Waals surface area contributed by atoms with Crippen LogP contribution in [0.25, 0.3) is 0 Å². The van der Waals surface area contributed by atoms with Crippen molar-refractivity contribution in [3.8, 4) is 0 Å². The van der Waals surface area contributed by atoms with E-state index in [0.29, 0.717) is 9.78 Å². The van der Waals surface area contributed by atoms with Gasteiger partial charge in [0.2, 0.25) is 5.91 Å². The zero-order chi connectivity index (χ0) is 20.0. The molecule has 1 aliphatic heterocycles. The highest BCUT2D eigenvalue weighted by Gasteiger charge is 2.38. The summed E-state index contributed by atoms with van der Waals surface area (Å²) in [6, 6.07) is 3.47. The van der Waals surface area contributed by atoms with Crippen molar-refractivity contribution in [3.05, 3.63) is 22.4 Å². The summed E-state index contributed by atoms with van der Waals surface area (Å²) in [5, 5.41) is 1.79. The second-order valence-corrected chi connectivity index (χ2v) is 7.11. The van der Waals surface area contributed by atoms with Crippen LogP contribution in [0.5, 0.6) is 0 Å². The third-order valence-electron chi connectivity index (χ3n) is 4.17. The lowest BCUT2D eigenvalue weighted by Gasteiger charge is -2.34. The number of esters is 1. The molecule has 0 unspecified atom stereocenters. The lowest BCUT2D eigenvalue weighted by atomic mass is 9.95. The highest BCUT2D eigenvalue weighted by Crippen LogP contribution is 2.24. The summed E-state index contributed by atoms with van der Waals surface area (Å²) in [7, 11) is 0. The average molecular weight is 406 g/mol. The molecule has 27 heavy (non-hydrogen) atoms. The summed E-state index contributed by atoms with van der Waals surface area (Å²) < 4.78 is 43.1. The molecule has 2 heterocycles. The Balaban J connectivity index is 1.97. The minimum atomic E-state index is -4.61. The molecule has 0 atom stereocenters. The van der Waals surface area contributed by atoms with Crippen molar-refractivity contribution in [2.75, 3.05) is 32.8 Å². The van der Waals surface area contributed by atoms with Crippen molar-refractivity contribution in [2.45, 2.75) is 25.9 Å². The number of thiophene rings is 1. The van der Waals surface area contributed by atoms with E-state index in [9.17, 15) is 27.6 Å². The molecule has 150 valence electrons. The van der Waals surface area contributed by atoms with E-state index in [4.69, 9.17) is 0 Å². The highest BCUT2D eigenvalue weighted by atomic mass is 32.1. The largest absolute Gasteiger partial charge is 0.465 e. The number of nitrogens with zero attached hydrogens (tertiary/aromatic N) is 2. The van der Waals surface area contributed by atoms with Gasteiger partial charge < -0.3 is 14.5 Å². The van der Waals surface area contributed by atoms with Gasteiger partial charge in [-0.15, -0.1) is 11.3 Å². The smallest absolute Gasteiger partial charge is 0.406 e. The maximum Gasteiger partial charge on any atom is 0.406 e. The Morgan fingerprint density at radius 1 is 1.30 bits per heavy atom. The molecule has 0 N–H and O–H groups in total. The Morgan fingerprint density at radius 3 is 2.48 bits per heavy atom. The molecule has 0 radical (unpaired) electrons. The van der Waals surface area contributed by atoms with Gasteiger partial charge in [-0.25, -0.2) is 0 Å². The molecule has 2 amide bonds. The SMILES string of the molecule is CCOC(=O)CN(CC(F)(F)F)C(=O)C1CCN(C(=O)c2cccs2)CC1. The molecule has 0 aromatic carbocycles. The van der Waals surface area contributed by atoms with Gasteiger partial charge in [0.05, 0.1) is 11.5 Å². The van der Waals surface area contributed by atoms with Gasteiger partial charge in [-0.1, -0.05) is 6.07 Å². The summed E-state index contributed by atoms with van der Waals surface area (Å²) in [6.45, 7) is -0.109. The van der Waals surface area contributed by atoms with E-state index < -0.39 is 37.1 Å². The molecule has 1 saturated heterocycles. The van der Waals surface area contributed by atoms with Crippen molar-refractivity contribution >= 4 is 29.1 Å². The standard InChI is InChI=1S/C17H21F3N2O4S/c1-2-26-14(23)10-22(11-17(18,19)20)15(24)12-5-7-21(8-6-12)16(25)13-4-3-9-27-13/h3-4,9,12H,2,5-8,10-11H2,1H3. The van der Waals surface area contributed by atoms with E-state index in [1.807, 2.05) is 0 Å². The number of carbonyl (C=O) groups excluding carboxylic acids is 3. The van der Waals surface area contributed by atoms with Crippen LogP contribution in [0.1, 0.15) is 29.4 Å². The van der Waals surface area contributed by atoms with E-state index >= 15 is 0 Å². The number of ether oxygens (including phenoxy) is 1. The van der Waals surface area contributed by atoms with Crippen molar-refractivity contribution in [3.63, 3.8) is 0 Å². The number of halogens is 3. The van der Waals surface area contributed by atoms with Gasteiger partial charge in [-0.05, 0) is 31.2 Å². The highest BCUT2D eigenvalue weighted by molar-refractivity contribution is 7.12. The first kappa shape index (κ1) is 21.2. The lowest BCUT2D eigenvalue weighted by Crippen LogP contribution is -2.48. The Kier molecular flexibility index (Phi) is 7.23. The van der Waals surface area contributed by atoms with Crippen LogP contribution < -0.4 is 0 Å². The number of piperidine rings is 1. The zero-order valence-electron chi connectivity index (χ0n) is 14.8. The maximum absolute atomic E-state index is 12.8. The summed E-state index contributed by atoms with van der Waals surface area (Å²) in [6.07, 6.45) is -4.10. The van der Waals surface area contributed by atoms with E-state index in [1.165, 1.54) is 18.3 Å². The van der Waals surface area contributed by atoms with E-state index in [2.05, 4.69) is 4.74 Å². The van der Waals surface area contributed by atoms with Gasteiger partial charge in [0, 0.05) is 19.0 Å². The molecule has 0 saturated carbocycles. The molecule has 1 aromatic heterocycles. The fraction of sp³-hybridized carbons (Fsp3) is 0.588. The number of likely N-dealkylation sites (tertiary alicyclic amines) is 1. The van der Waals surface area contributed by atoms with Crippen molar-refractivity contribution in [1.29, 1.82) is 0 Å². The number of hydrogen-bond acceptors (Lipinski definition) is 5. The first-order valence-electron chi connectivity index (χ1n) is 8.55. The number of alkyl halides is 3. The molecular formula is C17H21F3N2O4S. The molecule has 1 aliphatic rings. The molecule has 1 aromatic rings. The summed E-state index contributed by atoms with van der Waals surface area (Å²) >= 11 is 1.31. The van der Waals surface area contributed by atoms with Crippen LogP contribution in [-0.4, -0.2) is 66.5 Å². The average Bonchev–Trinajstić information content (AvgIpc) is 3.14. The van der Waals surface area contributed by atoms with E-state index in [1.54, 1.807) is 22.4 Å². The first-order chi connectivity index (χ1) is 12.7. The minimum absolute atomic E-state index is 0.0239. The Labute approximate surface area is 158 Å². The fourth-order valence-electron chi connectivity index (χ4n) is 2.93. The first-order valence-corrected chi connectivity index (χ1v) is 9.43. The van der Waals surface area contributed by atoms with Crippen LogP contribution >= 0.6 is 11.3 Å². The second kappa shape index (κ2) is 9.20. The minimum Gasteiger partial charge on any atom is -0.465 e. The third kappa shape index (κ3) is 6.23. The predicted octanol–water partition coefficient (Wildman–Crippen LogP) is 2.55. The van der Waals surface area contributed by atoms with Gasteiger partial charge in [0.15, 0.2) is 0 Å². The van der Waals surface area contributed by atoms with Gasteiger partial charge in [0.1, 0.15) is 13.1 Å². The van der Waals surface area contributed by atoms with E-state index in [-0.39, 0.29) is 38.4 Å². The zero-order valence-corrected chi connectivity index (χ0v) is 15.6. The Hall–Kier alpha value is -2.10. The maximum atomic E-state index is 12.8. The molecule has 6 nitrogen and oxygen atoms in total. The third-order valence-corrected chi connectivity index (χ3v) is 5.03. The normalized spacial score (nSPS) is 15.5. The van der Waals surface area contributed by atoms with Crippen LogP contribution in [0, 0.1) is 5.92 Å². The number of carbonyl (C=O) groups is 3. The molecule has 0 aliphatic carbocycles. The Bertz CT molecular complexity index is 656. The van der Waals surface area contributed by atoms with Gasteiger partial charge >= 0.3 is 12.1 Å². The quantitative estimate of drug-likeness (QED) is 0.681. The predicted molar refractivity (Wildman–Crippen MR) is 92.2 cm³/mol. The number of hydrogen-bond donors (Lipinski definition) is 0. The van der Waals surface area contributed by atoms with Crippen LogP contribution in [-0.2, 0) is 14.3 Å².